The highest BCUT2D eigenvalue weighted by Crippen LogP contribution is 2.33. The predicted octanol–water partition coefficient (Wildman–Crippen LogP) is 1.49. The van der Waals surface area contributed by atoms with Crippen LogP contribution in [-0.4, -0.2) is 61.3 Å². The van der Waals surface area contributed by atoms with Gasteiger partial charge in [0.15, 0.2) is 11.5 Å². The van der Waals surface area contributed by atoms with Crippen molar-refractivity contribution in [3.05, 3.63) is 41.2 Å². The third-order valence-corrected chi connectivity index (χ3v) is 4.86. The molecule has 1 aromatic carbocycles. The monoisotopic (exact) mass is 370 g/mol. The van der Waals surface area contributed by atoms with Crippen LogP contribution in [0.4, 0.5) is 5.95 Å². The van der Waals surface area contributed by atoms with Gasteiger partial charge in [0.2, 0.25) is 5.95 Å². The zero-order valence-corrected chi connectivity index (χ0v) is 15.5. The van der Waals surface area contributed by atoms with Crippen molar-refractivity contribution in [2.75, 3.05) is 45.4 Å². The van der Waals surface area contributed by atoms with Gasteiger partial charge >= 0.3 is 0 Å². The van der Waals surface area contributed by atoms with E-state index in [0.717, 1.165) is 24.3 Å². The lowest BCUT2D eigenvalue weighted by Gasteiger charge is -2.26. The van der Waals surface area contributed by atoms with Crippen LogP contribution in [-0.2, 0) is 17.8 Å². The topological polar surface area (TPSA) is 77.0 Å². The maximum atomic E-state index is 13.1. The summed E-state index contributed by atoms with van der Waals surface area (Å²) < 4.78 is 16.1. The van der Waals surface area contributed by atoms with Crippen LogP contribution in [0.1, 0.15) is 21.6 Å². The van der Waals surface area contributed by atoms with Crippen molar-refractivity contribution >= 4 is 11.9 Å². The number of anilines is 1. The molecule has 3 heterocycles. The van der Waals surface area contributed by atoms with Crippen LogP contribution in [0.5, 0.6) is 11.5 Å². The van der Waals surface area contributed by atoms with E-state index < -0.39 is 0 Å². The molecular weight excluding hydrogens is 348 g/mol. The van der Waals surface area contributed by atoms with Crippen LogP contribution < -0.4 is 14.4 Å². The SMILES string of the molecule is COc1cccc(C(=O)N2Cc3cnc(N4CCOCC4)nc3C2)c1OC. The molecule has 0 atom stereocenters. The van der Waals surface area contributed by atoms with Crippen molar-refractivity contribution < 1.29 is 19.0 Å². The second-order valence-electron chi connectivity index (χ2n) is 6.44. The van der Waals surface area contributed by atoms with Gasteiger partial charge < -0.3 is 24.0 Å². The zero-order chi connectivity index (χ0) is 18.8. The maximum absolute atomic E-state index is 13.1. The number of amides is 1. The molecule has 1 fully saturated rings. The van der Waals surface area contributed by atoms with E-state index in [-0.39, 0.29) is 5.91 Å². The third kappa shape index (κ3) is 3.28. The van der Waals surface area contributed by atoms with E-state index in [1.807, 2.05) is 6.20 Å². The summed E-state index contributed by atoms with van der Waals surface area (Å²) in [5.41, 5.74) is 2.34. The number of carbonyl (C=O) groups is 1. The molecule has 0 aliphatic carbocycles. The molecule has 0 N–H and O–H groups in total. The Bertz CT molecular complexity index is 852. The number of nitrogens with zero attached hydrogens (tertiary/aromatic N) is 4. The number of fused-ring (bicyclic) bond motifs is 1. The number of para-hydroxylation sites is 1. The van der Waals surface area contributed by atoms with Gasteiger partial charge in [-0.1, -0.05) is 6.07 Å². The van der Waals surface area contributed by atoms with E-state index in [1.54, 1.807) is 30.2 Å². The normalized spacial score (nSPS) is 16.2. The minimum atomic E-state index is -0.114. The van der Waals surface area contributed by atoms with Crippen molar-refractivity contribution in [3.8, 4) is 11.5 Å². The van der Waals surface area contributed by atoms with Crippen molar-refractivity contribution in [2.24, 2.45) is 0 Å². The van der Waals surface area contributed by atoms with Gasteiger partial charge in [0.25, 0.3) is 5.91 Å². The average Bonchev–Trinajstić information content (AvgIpc) is 3.16. The van der Waals surface area contributed by atoms with E-state index >= 15 is 0 Å². The first-order chi connectivity index (χ1) is 13.2. The number of benzene rings is 1. The van der Waals surface area contributed by atoms with E-state index in [0.29, 0.717) is 49.3 Å². The largest absolute Gasteiger partial charge is 0.493 e. The molecule has 0 radical (unpaired) electrons. The van der Waals surface area contributed by atoms with E-state index in [1.165, 1.54) is 7.11 Å². The maximum Gasteiger partial charge on any atom is 0.258 e. The molecule has 8 nitrogen and oxygen atoms in total. The molecule has 0 spiro atoms. The standard InChI is InChI=1S/C19H22N4O4/c1-25-16-5-3-4-14(17(16)26-2)18(24)23-11-13-10-20-19(21-15(13)12-23)22-6-8-27-9-7-22/h3-5,10H,6-9,11-12H2,1-2H3. The summed E-state index contributed by atoms with van der Waals surface area (Å²) in [5, 5.41) is 0. The van der Waals surface area contributed by atoms with E-state index in [2.05, 4.69) is 14.9 Å². The van der Waals surface area contributed by atoms with E-state index in [4.69, 9.17) is 14.2 Å². The molecule has 27 heavy (non-hydrogen) atoms. The summed E-state index contributed by atoms with van der Waals surface area (Å²) in [5.74, 6) is 1.57. The summed E-state index contributed by atoms with van der Waals surface area (Å²) in [4.78, 5) is 26.1. The Hall–Kier alpha value is -2.87. The summed E-state index contributed by atoms with van der Waals surface area (Å²) >= 11 is 0. The summed E-state index contributed by atoms with van der Waals surface area (Å²) in [6.45, 7) is 3.86. The Morgan fingerprint density at radius 2 is 1.96 bits per heavy atom. The molecule has 1 amide bonds. The second kappa shape index (κ2) is 7.40. The van der Waals surface area contributed by atoms with Crippen molar-refractivity contribution in [2.45, 2.75) is 13.1 Å². The molecule has 2 aliphatic heterocycles. The molecule has 1 saturated heterocycles. The van der Waals surface area contributed by atoms with E-state index in [9.17, 15) is 4.79 Å². The average molecular weight is 370 g/mol. The van der Waals surface area contributed by atoms with Crippen LogP contribution in [0, 0.1) is 0 Å². The zero-order valence-electron chi connectivity index (χ0n) is 15.5. The van der Waals surface area contributed by atoms with Crippen LogP contribution in [0.15, 0.2) is 24.4 Å². The molecule has 0 saturated carbocycles. The highest BCUT2D eigenvalue weighted by Gasteiger charge is 2.29. The van der Waals surface area contributed by atoms with Gasteiger partial charge in [-0.15, -0.1) is 0 Å². The lowest BCUT2D eigenvalue weighted by atomic mass is 10.1. The molecular formula is C19H22N4O4. The third-order valence-electron chi connectivity index (χ3n) is 4.86. The number of morpholine rings is 1. The van der Waals surface area contributed by atoms with Gasteiger partial charge in [-0.05, 0) is 12.1 Å². The molecule has 142 valence electrons. The lowest BCUT2D eigenvalue weighted by Crippen LogP contribution is -2.37. The van der Waals surface area contributed by atoms with Crippen LogP contribution >= 0.6 is 0 Å². The van der Waals surface area contributed by atoms with Crippen molar-refractivity contribution in [1.82, 2.24) is 14.9 Å². The number of aromatic nitrogens is 2. The Labute approximate surface area is 157 Å². The Balaban J connectivity index is 1.55. The minimum absolute atomic E-state index is 0.114. The van der Waals surface area contributed by atoms with Gasteiger partial charge in [-0.2, -0.15) is 0 Å². The number of methoxy groups -OCH3 is 2. The molecule has 2 aliphatic rings. The summed E-state index contributed by atoms with van der Waals surface area (Å²) in [6, 6.07) is 5.31. The number of carbonyl (C=O) groups excluding carboxylic acids is 1. The minimum Gasteiger partial charge on any atom is -0.493 e. The second-order valence-corrected chi connectivity index (χ2v) is 6.44. The Morgan fingerprint density at radius 1 is 1.15 bits per heavy atom. The van der Waals surface area contributed by atoms with Gasteiger partial charge in [-0.25, -0.2) is 9.97 Å². The van der Waals surface area contributed by atoms with Gasteiger partial charge in [0.05, 0.1) is 45.2 Å². The highest BCUT2D eigenvalue weighted by atomic mass is 16.5. The molecule has 2 aromatic rings. The molecule has 0 unspecified atom stereocenters. The smallest absolute Gasteiger partial charge is 0.258 e. The number of hydrogen-bond donors (Lipinski definition) is 0. The van der Waals surface area contributed by atoms with Crippen LogP contribution in [0.3, 0.4) is 0 Å². The molecule has 1 aromatic heterocycles. The van der Waals surface area contributed by atoms with Crippen molar-refractivity contribution in [3.63, 3.8) is 0 Å². The summed E-state index contributed by atoms with van der Waals surface area (Å²) in [7, 11) is 3.09. The first-order valence-corrected chi connectivity index (χ1v) is 8.89. The lowest BCUT2D eigenvalue weighted by molar-refractivity contribution is 0.0746. The van der Waals surface area contributed by atoms with Gasteiger partial charge in [0, 0.05) is 31.4 Å². The summed E-state index contributed by atoms with van der Waals surface area (Å²) in [6.07, 6.45) is 1.82. The first-order valence-electron chi connectivity index (χ1n) is 8.89. The fourth-order valence-electron chi connectivity index (χ4n) is 3.43. The Kier molecular flexibility index (Phi) is 4.81. The molecule has 0 bridgehead atoms. The number of rotatable bonds is 4. The fourth-order valence-corrected chi connectivity index (χ4v) is 3.43. The first kappa shape index (κ1) is 17.5. The predicted molar refractivity (Wildman–Crippen MR) is 98.2 cm³/mol. The van der Waals surface area contributed by atoms with Crippen LogP contribution in [0.25, 0.3) is 0 Å². The van der Waals surface area contributed by atoms with Crippen LogP contribution in [0.2, 0.25) is 0 Å². The number of ether oxygens (including phenoxy) is 3. The number of hydrogen-bond acceptors (Lipinski definition) is 7. The fraction of sp³-hybridized carbons (Fsp3) is 0.421. The highest BCUT2D eigenvalue weighted by molar-refractivity contribution is 5.98. The Morgan fingerprint density at radius 3 is 2.70 bits per heavy atom. The van der Waals surface area contributed by atoms with Gasteiger partial charge in [0.1, 0.15) is 0 Å². The molecule has 4 rings (SSSR count). The quantitative estimate of drug-likeness (QED) is 0.807. The van der Waals surface area contributed by atoms with Gasteiger partial charge in [-0.3, -0.25) is 4.79 Å². The van der Waals surface area contributed by atoms with Crippen molar-refractivity contribution in [1.29, 1.82) is 0 Å². The molecule has 8 heteroatoms.